The first-order valence-corrected chi connectivity index (χ1v) is 8.45. The van der Waals surface area contributed by atoms with Crippen molar-refractivity contribution in [3.05, 3.63) is 18.2 Å². The lowest BCUT2D eigenvalue weighted by Gasteiger charge is -2.48. The lowest BCUT2D eigenvalue weighted by molar-refractivity contribution is -0.128. The molecule has 0 radical (unpaired) electrons. The first-order valence-electron chi connectivity index (χ1n) is 8.45. The van der Waals surface area contributed by atoms with Crippen molar-refractivity contribution in [3.8, 4) is 6.07 Å². The molecular formula is C17H24N4O2. The average Bonchev–Trinajstić information content (AvgIpc) is 3.05. The van der Waals surface area contributed by atoms with Crippen molar-refractivity contribution in [2.24, 2.45) is 0 Å². The van der Waals surface area contributed by atoms with Crippen LogP contribution in [0, 0.1) is 11.3 Å². The number of nitriles is 1. The number of piperidine rings is 1. The molecule has 23 heavy (non-hydrogen) atoms. The SMILES string of the molecule is CC(C)n1cnc(C(=O)N2CCC[C@]3(CCCCO3)[C@@H]2C#N)c1. The van der Waals surface area contributed by atoms with Crippen LogP contribution in [0.1, 0.15) is 62.5 Å². The van der Waals surface area contributed by atoms with E-state index >= 15 is 0 Å². The molecule has 3 heterocycles. The van der Waals surface area contributed by atoms with Gasteiger partial charge in [-0.1, -0.05) is 0 Å². The van der Waals surface area contributed by atoms with Gasteiger partial charge in [-0.25, -0.2) is 4.98 Å². The van der Waals surface area contributed by atoms with E-state index in [1.165, 1.54) is 0 Å². The Morgan fingerprint density at radius 3 is 2.83 bits per heavy atom. The number of nitrogens with zero attached hydrogens (tertiary/aromatic N) is 4. The van der Waals surface area contributed by atoms with Crippen LogP contribution in [0.3, 0.4) is 0 Å². The Bertz CT molecular complexity index is 605. The summed E-state index contributed by atoms with van der Waals surface area (Å²) in [4.78, 5) is 18.8. The Morgan fingerprint density at radius 2 is 2.22 bits per heavy atom. The average molecular weight is 316 g/mol. The number of carbonyl (C=O) groups is 1. The van der Waals surface area contributed by atoms with E-state index in [-0.39, 0.29) is 11.9 Å². The minimum Gasteiger partial charge on any atom is -0.372 e. The van der Waals surface area contributed by atoms with E-state index in [2.05, 4.69) is 11.1 Å². The summed E-state index contributed by atoms with van der Waals surface area (Å²) in [6.45, 7) is 5.36. The number of aromatic nitrogens is 2. The third-order valence-corrected chi connectivity index (χ3v) is 4.99. The van der Waals surface area contributed by atoms with Gasteiger partial charge < -0.3 is 14.2 Å². The fourth-order valence-electron chi connectivity index (χ4n) is 3.67. The van der Waals surface area contributed by atoms with Crippen molar-refractivity contribution in [3.63, 3.8) is 0 Å². The Kier molecular flexibility index (Phi) is 4.40. The van der Waals surface area contributed by atoms with Crippen LogP contribution in [-0.2, 0) is 4.74 Å². The van der Waals surface area contributed by atoms with Crippen LogP contribution < -0.4 is 0 Å². The highest BCUT2D eigenvalue weighted by atomic mass is 16.5. The Hall–Kier alpha value is -1.87. The van der Waals surface area contributed by atoms with E-state index in [1.54, 1.807) is 17.4 Å². The summed E-state index contributed by atoms with van der Waals surface area (Å²) in [7, 11) is 0. The number of hydrogen-bond donors (Lipinski definition) is 0. The smallest absolute Gasteiger partial charge is 0.275 e. The maximum Gasteiger partial charge on any atom is 0.275 e. The van der Waals surface area contributed by atoms with Crippen molar-refractivity contribution >= 4 is 5.91 Å². The molecule has 2 aliphatic heterocycles. The minimum atomic E-state index is -0.520. The van der Waals surface area contributed by atoms with Gasteiger partial charge in [0, 0.05) is 25.4 Å². The molecule has 1 spiro atoms. The molecule has 0 bridgehead atoms. The van der Waals surface area contributed by atoms with Crippen LogP contribution in [0.5, 0.6) is 0 Å². The molecule has 0 aromatic carbocycles. The second-order valence-electron chi connectivity index (χ2n) is 6.80. The summed E-state index contributed by atoms with van der Waals surface area (Å²) in [5, 5.41) is 9.72. The Balaban J connectivity index is 1.85. The van der Waals surface area contributed by atoms with Gasteiger partial charge in [0.2, 0.25) is 0 Å². The molecule has 6 nitrogen and oxygen atoms in total. The number of ether oxygens (including phenoxy) is 1. The van der Waals surface area contributed by atoms with E-state index < -0.39 is 11.6 Å². The van der Waals surface area contributed by atoms with Gasteiger partial charge in [-0.2, -0.15) is 5.26 Å². The molecule has 0 saturated carbocycles. The predicted molar refractivity (Wildman–Crippen MR) is 84.8 cm³/mol. The Morgan fingerprint density at radius 1 is 1.43 bits per heavy atom. The lowest BCUT2D eigenvalue weighted by atomic mass is 9.79. The highest BCUT2D eigenvalue weighted by Crippen LogP contribution is 2.38. The summed E-state index contributed by atoms with van der Waals surface area (Å²) in [5.41, 5.74) is -0.0755. The summed E-state index contributed by atoms with van der Waals surface area (Å²) in [6.07, 6.45) is 8.12. The van der Waals surface area contributed by atoms with Gasteiger partial charge in [0.05, 0.1) is 12.4 Å². The van der Waals surface area contributed by atoms with Gasteiger partial charge >= 0.3 is 0 Å². The van der Waals surface area contributed by atoms with Crippen molar-refractivity contribution in [1.29, 1.82) is 5.26 Å². The van der Waals surface area contributed by atoms with Crippen LogP contribution in [-0.4, -0.2) is 45.2 Å². The molecule has 2 fully saturated rings. The predicted octanol–water partition coefficient (Wildman–Crippen LogP) is 2.53. The molecule has 6 heteroatoms. The van der Waals surface area contributed by atoms with Gasteiger partial charge in [-0.05, 0) is 46.0 Å². The second kappa shape index (κ2) is 6.32. The van der Waals surface area contributed by atoms with Gasteiger partial charge in [-0.3, -0.25) is 4.79 Å². The summed E-state index contributed by atoms with van der Waals surface area (Å²) in [6, 6.07) is 2.07. The monoisotopic (exact) mass is 316 g/mol. The van der Waals surface area contributed by atoms with Gasteiger partial charge in [0.1, 0.15) is 17.3 Å². The fourth-order valence-corrected chi connectivity index (χ4v) is 3.67. The fraction of sp³-hybridized carbons (Fsp3) is 0.706. The Labute approximate surface area is 137 Å². The van der Waals surface area contributed by atoms with Crippen LogP contribution in [0.2, 0.25) is 0 Å². The topological polar surface area (TPSA) is 71.2 Å². The molecule has 2 atom stereocenters. The normalized spacial score (nSPS) is 28.1. The highest BCUT2D eigenvalue weighted by Gasteiger charge is 2.48. The third-order valence-electron chi connectivity index (χ3n) is 4.99. The number of hydrogen-bond acceptors (Lipinski definition) is 4. The molecule has 1 aromatic heterocycles. The largest absolute Gasteiger partial charge is 0.372 e. The maximum absolute atomic E-state index is 12.9. The molecule has 124 valence electrons. The first-order chi connectivity index (χ1) is 11.1. The van der Waals surface area contributed by atoms with Crippen molar-refractivity contribution < 1.29 is 9.53 Å². The second-order valence-corrected chi connectivity index (χ2v) is 6.80. The van der Waals surface area contributed by atoms with E-state index in [1.807, 2.05) is 18.4 Å². The highest BCUT2D eigenvalue weighted by molar-refractivity contribution is 5.92. The molecule has 2 saturated heterocycles. The molecule has 1 aromatic rings. The summed E-state index contributed by atoms with van der Waals surface area (Å²) >= 11 is 0. The van der Waals surface area contributed by atoms with E-state index in [4.69, 9.17) is 4.74 Å². The van der Waals surface area contributed by atoms with Crippen LogP contribution in [0.15, 0.2) is 12.5 Å². The van der Waals surface area contributed by atoms with Crippen LogP contribution in [0.4, 0.5) is 0 Å². The standard InChI is InChI=1S/C17H24N4O2/c1-13(2)20-11-14(19-12-20)16(22)21-8-5-7-17(15(21)10-18)6-3-4-9-23-17/h11-13,15H,3-9H2,1-2H3/t15-,17+/m0/s1. The first kappa shape index (κ1) is 16.0. The summed E-state index contributed by atoms with van der Waals surface area (Å²) < 4.78 is 7.94. The van der Waals surface area contributed by atoms with Crippen molar-refractivity contribution in [2.45, 2.75) is 63.6 Å². The zero-order chi connectivity index (χ0) is 16.4. The number of rotatable bonds is 2. The van der Waals surface area contributed by atoms with Gasteiger partial charge in [0.25, 0.3) is 5.91 Å². The van der Waals surface area contributed by atoms with E-state index in [0.29, 0.717) is 18.8 Å². The van der Waals surface area contributed by atoms with E-state index in [0.717, 1.165) is 32.1 Å². The summed E-state index contributed by atoms with van der Waals surface area (Å²) in [5.74, 6) is -0.163. The number of likely N-dealkylation sites (tertiary alicyclic amines) is 1. The van der Waals surface area contributed by atoms with Gasteiger partial charge in [-0.15, -0.1) is 0 Å². The van der Waals surface area contributed by atoms with Crippen LogP contribution in [0.25, 0.3) is 0 Å². The quantitative estimate of drug-likeness (QED) is 0.840. The van der Waals surface area contributed by atoms with Crippen molar-refractivity contribution in [2.75, 3.05) is 13.2 Å². The van der Waals surface area contributed by atoms with Crippen LogP contribution >= 0.6 is 0 Å². The molecule has 0 N–H and O–H groups in total. The zero-order valence-electron chi connectivity index (χ0n) is 13.9. The van der Waals surface area contributed by atoms with Crippen molar-refractivity contribution in [1.82, 2.24) is 14.5 Å². The molecule has 1 amide bonds. The molecule has 3 rings (SSSR count). The number of carbonyl (C=O) groups excluding carboxylic acids is 1. The lowest BCUT2D eigenvalue weighted by Crippen LogP contribution is -2.60. The molecular weight excluding hydrogens is 292 g/mol. The number of imidazole rings is 1. The number of amides is 1. The molecule has 0 unspecified atom stereocenters. The molecule has 0 aliphatic carbocycles. The molecule has 2 aliphatic rings. The maximum atomic E-state index is 12.9. The minimum absolute atomic E-state index is 0.163. The van der Waals surface area contributed by atoms with E-state index in [9.17, 15) is 10.1 Å². The zero-order valence-corrected chi connectivity index (χ0v) is 13.9. The third kappa shape index (κ3) is 2.86. The van der Waals surface area contributed by atoms with Gasteiger partial charge in [0.15, 0.2) is 0 Å².